The molecule has 0 bridgehead atoms. The van der Waals surface area contributed by atoms with Crippen LogP contribution < -0.4 is 0 Å². The molecule has 0 N–H and O–H groups in total. The van der Waals surface area contributed by atoms with E-state index in [-0.39, 0.29) is 0 Å². The van der Waals surface area contributed by atoms with Crippen LogP contribution in [0.2, 0.25) is 0 Å². The smallest absolute Gasteiger partial charge is 0.102 e. The molecule has 0 aliphatic carbocycles. The number of rotatable bonds is 2. The Morgan fingerprint density at radius 2 is 2.00 bits per heavy atom. The summed E-state index contributed by atoms with van der Waals surface area (Å²) in [5.41, 5.74) is 1.32. The first kappa shape index (κ1) is 7.55. The molecule has 1 heteroatoms. The average molecular weight is 138 g/mol. The van der Waals surface area contributed by atoms with Gasteiger partial charge < -0.3 is 4.74 Å². The molecule has 10 heavy (non-hydrogen) atoms. The first-order valence-corrected chi connectivity index (χ1v) is 3.67. The van der Waals surface area contributed by atoms with Crippen LogP contribution in [0.3, 0.4) is 0 Å². The molecule has 1 nitrogen and oxygen atoms in total. The molecule has 1 fully saturated rings. The minimum Gasteiger partial charge on any atom is -0.365 e. The lowest BCUT2D eigenvalue weighted by molar-refractivity contribution is 0.400. The molecule has 1 aliphatic rings. The molecule has 0 radical (unpaired) electrons. The maximum atomic E-state index is 5.18. The van der Waals surface area contributed by atoms with Gasteiger partial charge in [-0.3, -0.25) is 0 Å². The molecule has 0 aromatic rings. The summed E-state index contributed by atoms with van der Waals surface area (Å²) < 4.78 is 5.18. The molecular formula is C9H14O. The van der Waals surface area contributed by atoms with E-state index < -0.39 is 0 Å². The zero-order valence-corrected chi connectivity index (χ0v) is 6.79. The van der Waals surface area contributed by atoms with Crippen molar-refractivity contribution < 1.29 is 4.74 Å². The molecule has 0 saturated carbocycles. The van der Waals surface area contributed by atoms with E-state index in [0.29, 0.717) is 12.2 Å². The van der Waals surface area contributed by atoms with E-state index >= 15 is 0 Å². The van der Waals surface area contributed by atoms with Crippen molar-refractivity contribution in [2.45, 2.75) is 33.0 Å². The van der Waals surface area contributed by atoms with Gasteiger partial charge in [-0.05, 0) is 20.8 Å². The Kier molecular flexibility index (Phi) is 2.28. The molecule has 2 atom stereocenters. The summed E-state index contributed by atoms with van der Waals surface area (Å²) in [6.07, 6.45) is 7.08. The highest BCUT2D eigenvalue weighted by atomic mass is 16.6. The van der Waals surface area contributed by atoms with Crippen LogP contribution >= 0.6 is 0 Å². The monoisotopic (exact) mass is 138 g/mol. The molecule has 0 unspecified atom stereocenters. The normalized spacial score (nSPS) is 30.7. The standard InChI is InChI=1S/C9H14O/c1-7(2)5-4-6-9-8(3)10-9/h4-6,8-9H,1-3H3/b6-4+/t8-,9-/m0/s1. The summed E-state index contributed by atoms with van der Waals surface area (Å²) in [7, 11) is 0. The molecule has 1 rings (SSSR count). The second kappa shape index (κ2) is 3.02. The molecular weight excluding hydrogens is 124 g/mol. The van der Waals surface area contributed by atoms with Crippen molar-refractivity contribution in [3.05, 3.63) is 23.8 Å². The fourth-order valence-electron chi connectivity index (χ4n) is 0.762. The Morgan fingerprint density at radius 3 is 2.40 bits per heavy atom. The third-order valence-electron chi connectivity index (χ3n) is 1.49. The van der Waals surface area contributed by atoms with E-state index in [4.69, 9.17) is 4.74 Å². The predicted molar refractivity (Wildman–Crippen MR) is 42.9 cm³/mol. The van der Waals surface area contributed by atoms with Crippen LogP contribution in [-0.2, 0) is 4.74 Å². The molecule has 0 aromatic carbocycles. The van der Waals surface area contributed by atoms with Gasteiger partial charge in [-0.15, -0.1) is 0 Å². The van der Waals surface area contributed by atoms with Gasteiger partial charge in [0.05, 0.1) is 6.10 Å². The van der Waals surface area contributed by atoms with E-state index in [1.807, 2.05) is 0 Å². The van der Waals surface area contributed by atoms with Gasteiger partial charge in [0, 0.05) is 0 Å². The lowest BCUT2D eigenvalue weighted by Gasteiger charge is -1.80. The van der Waals surface area contributed by atoms with Crippen LogP contribution in [0.4, 0.5) is 0 Å². The molecule has 0 amide bonds. The van der Waals surface area contributed by atoms with Crippen LogP contribution in [0.5, 0.6) is 0 Å². The van der Waals surface area contributed by atoms with Crippen molar-refractivity contribution in [1.82, 2.24) is 0 Å². The number of ether oxygens (including phenoxy) is 1. The van der Waals surface area contributed by atoms with Gasteiger partial charge in [0.1, 0.15) is 6.10 Å². The lowest BCUT2D eigenvalue weighted by atomic mass is 10.2. The summed E-state index contributed by atoms with van der Waals surface area (Å²) in [6.45, 7) is 6.25. The predicted octanol–water partition coefficient (Wildman–Crippen LogP) is 2.30. The molecule has 56 valence electrons. The Bertz CT molecular complexity index is 164. The van der Waals surface area contributed by atoms with E-state index in [1.54, 1.807) is 0 Å². The summed E-state index contributed by atoms with van der Waals surface area (Å²) in [6, 6.07) is 0. The van der Waals surface area contributed by atoms with Crippen LogP contribution in [0.15, 0.2) is 23.8 Å². The van der Waals surface area contributed by atoms with Crippen molar-refractivity contribution >= 4 is 0 Å². The third-order valence-corrected chi connectivity index (χ3v) is 1.49. The van der Waals surface area contributed by atoms with Crippen LogP contribution in [0.1, 0.15) is 20.8 Å². The summed E-state index contributed by atoms with van der Waals surface area (Å²) >= 11 is 0. The summed E-state index contributed by atoms with van der Waals surface area (Å²) in [5.74, 6) is 0. The van der Waals surface area contributed by atoms with Gasteiger partial charge in [-0.25, -0.2) is 0 Å². The largest absolute Gasteiger partial charge is 0.365 e. The van der Waals surface area contributed by atoms with Crippen molar-refractivity contribution in [2.24, 2.45) is 0 Å². The van der Waals surface area contributed by atoms with Crippen molar-refractivity contribution in [2.75, 3.05) is 0 Å². The Morgan fingerprint density at radius 1 is 1.40 bits per heavy atom. The van der Waals surface area contributed by atoms with Gasteiger partial charge in [-0.2, -0.15) is 0 Å². The fraction of sp³-hybridized carbons (Fsp3) is 0.556. The number of allylic oxidation sites excluding steroid dienone is 3. The Labute approximate surface area is 62.4 Å². The minimum atomic E-state index is 0.385. The first-order valence-electron chi connectivity index (χ1n) is 3.67. The number of hydrogen-bond donors (Lipinski definition) is 0. The van der Waals surface area contributed by atoms with Crippen molar-refractivity contribution in [3.63, 3.8) is 0 Å². The van der Waals surface area contributed by atoms with Crippen molar-refractivity contribution in [1.29, 1.82) is 0 Å². The molecule has 1 aliphatic heterocycles. The topological polar surface area (TPSA) is 12.5 Å². The van der Waals surface area contributed by atoms with E-state index in [2.05, 4.69) is 39.0 Å². The second-order valence-electron chi connectivity index (χ2n) is 2.93. The SMILES string of the molecule is CC(C)=C/C=C/[C@@H]1O[C@H]1C. The van der Waals surface area contributed by atoms with Crippen LogP contribution in [0, 0.1) is 0 Å². The Hall–Kier alpha value is -0.560. The maximum absolute atomic E-state index is 5.18. The van der Waals surface area contributed by atoms with E-state index in [1.165, 1.54) is 5.57 Å². The fourth-order valence-corrected chi connectivity index (χ4v) is 0.762. The average Bonchev–Trinajstić information content (AvgIpc) is 2.46. The second-order valence-corrected chi connectivity index (χ2v) is 2.93. The summed E-state index contributed by atoms with van der Waals surface area (Å²) in [4.78, 5) is 0. The quantitative estimate of drug-likeness (QED) is 0.421. The zero-order chi connectivity index (χ0) is 7.56. The lowest BCUT2D eigenvalue weighted by Crippen LogP contribution is -1.79. The summed E-state index contributed by atoms with van der Waals surface area (Å²) in [5, 5.41) is 0. The van der Waals surface area contributed by atoms with Gasteiger partial charge in [0.15, 0.2) is 0 Å². The van der Waals surface area contributed by atoms with E-state index in [0.717, 1.165) is 0 Å². The van der Waals surface area contributed by atoms with E-state index in [9.17, 15) is 0 Å². The maximum Gasteiger partial charge on any atom is 0.102 e. The first-order chi connectivity index (χ1) is 4.70. The van der Waals surface area contributed by atoms with Crippen LogP contribution in [-0.4, -0.2) is 12.2 Å². The van der Waals surface area contributed by atoms with Gasteiger partial charge in [-0.1, -0.05) is 23.8 Å². The Balaban J connectivity index is 2.25. The van der Waals surface area contributed by atoms with Gasteiger partial charge in [0.25, 0.3) is 0 Å². The van der Waals surface area contributed by atoms with Gasteiger partial charge >= 0.3 is 0 Å². The number of hydrogen-bond acceptors (Lipinski definition) is 1. The highest BCUT2D eigenvalue weighted by Crippen LogP contribution is 2.21. The molecule has 1 saturated heterocycles. The highest BCUT2D eigenvalue weighted by molar-refractivity contribution is 5.12. The third kappa shape index (κ3) is 2.36. The number of epoxide rings is 1. The van der Waals surface area contributed by atoms with Gasteiger partial charge in [0.2, 0.25) is 0 Å². The minimum absolute atomic E-state index is 0.385. The molecule has 1 heterocycles. The highest BCUT2D eigenvalue weighted by Gasteiger charge is 2.30. The molecule has 0 spiro atoms. The van der Waals surface area contributed by atoms with Crippen LogP contribution in [0.25, 0.3) is 0 Å². The zero-order valence-electron chi connectivity index (χ0n) is 6.79. The molecule has 0 aromatic heterocycles. The van der Waals surface area contributed by atoms with Crippen molar-refractivity contribution in [3.8, 4) is 0 Å².